The lowest BCUT2D eigenvalue weighted by Gasteiger charge is -2.07. The van der Waals surface area contributed by atoms with E-state index < -0.39 is 12.1 Å². The molecule has 0 unspecified atom stereocenters. The molecular weight excluding hydrogens is 389 g/mol. The Morgan fingerprint density at radius 1 is 1.17 bits per heavy atom. The number of benzene rings is 2. The van der Waals surface area contributed by atoms with E-state index in [1.54, 1.807) is 5.32 Å². The van der Waals surface area contributed by atoms with Crippen molar-refractivity contribution in [2.45, 2.75) is 12.6 Å². The van der Waals surface area contributed by atoms with Crippen LogP contribution < -0.4 is 5.32 Å². The number of hydrogen-bond donors (Lipinski definition) is 1. The summed E-state index contributed by atoms with van der Waals surface area (Å²) in [5.74, 6) is -1.59. The number of rotatable bonds is 3. The number of oxazole rings is 1. The molecule has 124 valence electrons. The molecule has 0 saturated carbocycles. The third-order valence-electron chi connectivity index (χ3n) is 3.22. The first-order chi connectivity index (χ1) is 11.3. The monoisotopic (exact) mass is 398 g/mol. The average Bonchev–Trinajstić information content (AvgIpc) is 2.90. The van der Waals surface area contributed by atoms with Crippen LogP contribution in [0.25, 0.3) is 11.1 Å². The molecule has 0 bridgehead atoms. The summed E-state index contributed by atoms with van der Waals surface area (Å²) in [6.07, 6.45) is -4.49. The fourth-order valence-corrected chi connectivity index (χ4v) is 2.37. The summed E-state index contributed by atoms with van der Waals surface area (Å²) in [6.45, 7) is 0. The smallest absolute Gasteiger partial charge is 0.440 e. The molecule has 24 heavy (non-hydrogen) atoms. The van der Waals surface area contributed by atoms with E-state index in [1.165, 1.54) is 18.2 Å². The van der Waals surface area contributed by atoms with Gasteiger partial charge in [-0.1, -0.05) is 28.1 Å². The van der Waals surface area contributed by atoms with Gasteiger partial charge in [-0.25, -0.2) is 4.98 Å². The van der Waals surface area contributed by atoms with Gasteiger partial charge in [0.25, 0.3) is 0 Å². The van der Waals surface area contributed by atoms with Crippen LogP contribution in [0.5, 0.6) is 0 Å². The van der Waals surface area contributed by atoms with E-state index in [0.717, 1.165) is 10.0 Å². The van der Waals surface area contributed by atoms with Crippen LogP contribution in [-0.4, -0.2) is 17.1 Å². The van der Waals surface area contributed by atoms with Gasteiger partial charge in [-0.15, -0.1) is 0 Å². The predicted octanol–water partition coefficient (Wildman–Crippen LogP) is 4.68. The second-order valence-electron chi connectivity index (χ2n) is 5.05. The number of amides is 1. The molecule has 0 aliphatic heterocycles. The Morgan fingerprint density at radius 3 is 2.54 bits per heavy atom. The van der Waals surface area contributed by atoms with Crippen LogP contribution in [0.4, 0.5) is 18.9 Å². The number of fused-ring (bicyclic) bond motifs is 1. The molecule has 0 spiro atoms. The molecule has 0 atom stereocenters. The van der Waals surface area contributed by atoms with Gasteiger partial charge in [-0.05, 0) is 35.9 Å². The Labute approximate surface area is 142 Å². The van der Waals surface area contributed by atoms with Crippen molar-refractivity contribution in [3.63, 3.8) is 0 Å². The quantitative estimate of drug-likeness (QED) is 0.696. The van der Waals surface area contributed by atoms with Crippen LogP contribution in [0.2, 0.25) is 0 Å². The number of carbonyl (C=O) groups excluding carboxylic acids is 1. The molecule has 1 N–H and O–H groups in total. The molecular formula is C16H10BrF3N2O2. The van der Waals surface area contributed by atoms with E-state index in [1.807, 2.05) is 24.3 Å². The van der Waals surface area contributed by atoms with Gasteiger partial charge >= 0.3 is 12.1 Å². The van der Waals surface area contributed by atoms with Crippen molar-refractivity contribution in [3.8, 4) is 0 Å². The second-order valence-corrected chi connectivity index (χ2v) is 5.96. The van der Waals surface area contributed by atoms with E-state index >= 15 is 0 Å². The summed E-state index contributed by atoms with van der Waals surface area (Å²) in [4.78, 5) is 15.2. The Morgan fingerprint density at radius 2 is 1.88 bits per heavy atom. The van der Waals surface area contributed by atoms with Crippen LogP contribution in [0, 0.1) is 0 Å². The molecule has 0 saturated heterocycles. The Kier molecular flexibility index (Phi) is 4.31. The lowest BCUT2D eigenvalue weighted by molar-refractivity contribution is -0.167. The summed E-state index contributed by atoms with van der Waals surface area (Å²) in [5.41, 5.74) is 1.80. The van der Waals surface area contributed by atoms with Crippen molar-refractivity contribution in [1.29, 1.82) is 0 Å². The molecule has 1 heterocycles. The van der Waals surface area contributed by atoms with Crippen molar-refractivity contribution in [2.75, 3.05) is 5.32 Å². The average molecular weight is 399 g/mol. The number of nitrogens with zero attached hydrogens (tertiary/aromatic N) is 1. The maximum absolute atomic E-state index is 12.3. The van der Waals surface area contributed by atoms with E-state index in [-0.39, 0.29) is 5.69 Å². The van der Waals surface area contributed by atoms with E-state index in [2.05, 4.69) is 20.9 Å². The van der Waals surface area contributed by atoms with Crippen molar-refractivity contribution >= 4 is 38.6 Å². The lowest BCUT2D eigenvalue weighted by atomic mass is 10.1. The number of aromatic nitrogens is 1. The molecule has 8 heteroatoms. The third kappa shape index (κ3) is 3.76. The Balaban J connectivity index is 1.81. The fourth-order valence-electron chi connectivity index (χ4n) is 2.11. The third-order valence-corrected chi connectivity index (χ3v) is 3.74. The van der Waals surface area contributed by atoms with Crippen molar-refractivity contribution in [3.05, 3.63) is 58.4 Å². The number of nitrogens with one attached hydrogen (secondary N) is 1. The standard InChI is InChI=1S/C16H10BrF3N2O2/c17-10-3-1-9(2-4-10)7-14-22-12-8-11(5-6-13(12)24-14)21-15(23)16(18,19)20/h1-6,8H,7H2,(H,21,23). The maximum Gasteiger partial charge on any atom is 0.471 e. The number of hydrogen-bond acceptors (Lipinski definition) is 3. The normalized spacial score (nSPS) is 11.7. The number of halogens is 4. The SMILES string of the molecule is O=C(Nc1ccc2oc(Cc3ccc(Br)cc3)nc2c1)C(F)(F)F. The van der Waals surface area contributed by atoms with Gasteiger partial charge in [-0.2, -0.15) is 13.2 Å². The zero-order valence-corrected chi connectivity index (χ0v) is 13.6. The molecule has 0 fully saturated rings. The lowest BCUT2D eigenvalue weighted by Crippen LogP contribution is -2.29. The minimum Gasteiger partial charge on any atom is -0.440 e. The minimum atomic E-state index is -4.94. The van der Waals surface area contributed by atoms with Gasteiger partial charge in [0.05, 0.1) is 0 Å². The molecule has 0 radical (unpaired) electrons. The number of anilines is 1. The summed E-state index contributed by atoms with van der Waals surface area (Å²) in [5, 5.41) is 1.79. The van der Waals surface area contributed by atoms with Crippen molar-refractivity contribution in [2.24, 2.45) is 0 Å². The Hall–Kier alpha value is -2.35. The van der Waals surface area contributed by atoms with Crippen LogP contribution in [0.1, 0.15) is 11.5 Å². The van der Waals surface area contributed by atoms with Gasteiger partial charge in [0.15, 0.2) is 11.5 Å². The van der Waals surface area contributed by atoms with Gasteiger partial charge in [0.1, 0.15) is 5.52 Å². The Bertz CT molecular complexity index is 888. The highest BCUT2D eigenvalue weighted by atomic mass is 79.9. The highest BCUT2D eigenvalue weighted by Gasteiger charge is 2.38. The first-order valence-electron chi connectivity index (χ1n) is 6.83. The van der Waals surface area contributed by atoms with Crippen molar-refractivity contribution < 1.29 is 22.4 Å². The van der Waals surface area contributed by atoms with Gasteiger partial charge in [0, 0.05) is 16.6 Å². The molecule has 3 aromatic rings. The number of alkyl halides is 3. The van der Waals surface area contributed by atoms with E-state index in [9.17, 15) is 18.0 Å². The summed E-state index contributed by atoms with van der Waals surface area (Å²) in [7, 11) is 0. The van der Waals surface area contributed by atoms with Gasteiger partial charge in [-0.3, -0.25) is 4.79 Å². The maximum atomic E-state index is 12.3. The van der Waals surface area contributed by atoms with E-state index in [4.69, 9.17) is 4.42 Å². The topological polar surface area (TPSA) is 55.1 Å². The molecule has 1 amide bonds. The number of carbonyl (C=O) groups is 1. The molecule has 0 aliphatic rings. The van der Waals surface area contributed by atoms with Gasteiger partial charge in [0.2, 0.25) is 0 Å². The highest BCUT2D eigenvalue weighted by Crippen LogP contribution is 2.24. The van der Waals surface area contributed by atoms with Crippen LogP contribution in [0.15, 0.2) is 51.4 Å². The fraction of sp³-hybridized carbons (Fsp3) is 0.125. The minimum absolute atomic E-state index is 0.00770. The molecule has 4 nitrogen and oxygen atoms in total. The highest BCUT2D eigenvalue weighted by molar-refractivity contribution is 9.10. The largest absolute Gasteiger partial charge is 0.471 e. The molecule has 3 rings (SSSR count). The second kappa shape index (κ2) is 6.27. The summed E-state index contributed by atoms with van der Waals surface area (Å²) < 4.78 is 43.3. The molecule has 2 aromatic carbocycles. The van der Waals surface area contributed by atoms with Crippen LogP contribution >= 0.6 is 15.9 Å². The van der Waals surface area contributed by atoms with Gasteiger partial charge < -0.3 is 9.73 Å². The first kappa shape index (κ1) is 16.5. The molecule has 1 aromatic heterocycles. The summed E-state index contributed by atoms with van der Waals surface area (Å²) in [6, 6.07) is 11.8. The van der Waals surface area contributed by atoms with Crippen molar-refractivity contribution in [1.82, 2.24) is 4.98 Å². The zero-order valence-electron chi connectivity index (χ0n) is 12.0. The molecule has 0 aliphatic carbocycles. The van der Waals surface area contributed by atoms with E-state index in [0.29, 0.717) is 23.4 Å². The predicted molar refractivity (Wildman–Crippen MR) is 85.6 cm³/mol. The van der Waals surface area contributed by atoms with Crippen LogP contribution in [0.3, 0.4) is 0 Å². The zero-order chi connectivity index (χ0) is 17.3. The summed E-state index contributed by atoms with van der Waals surface area (Å²) >= 11 is 3.35. The first-order valence-corrected chi connectivity index (χ1v) is 7.63. The van der Waals surface area contributed by atoms with Crippen LogP contribution in [-0.2, 0) is 11.2 Å².